The number of hydrogen-bond donors (Lipinski definition) is 3. The van der Waals surface area contributed by atoms with Crippen molar-refractivity contribution in [2.45, 2.75) is 65.7 Å². The molecule has 1 heterocycles. The molecule has 0 aliphatic rings. The maximum Gasteiger partial charge on any atom is 0.408 e. The lowest BCUT2D eigenvalue weighted by molar-refractivity contribution is 0.102. The van der Waals surface area contributed by atoms with Crippen LogP contribution in [-0.2, 0) is 6.42 Å². The van der Waals surface area contributed by atoms with Crippen molar-refractivity contribution in [3.05, 3.63) is 63.4 Å². The molecule has 1 rings (SSSR count). The van der Waals surface area contributed by atoms with Crippen LogP contribution in [0.15, 0.2) is 50.9 Å². The minimum absolute atomic E-state index is 0.266. The molecule has 0 saturated heterocycles. The van der Waals surface area contributed by atoms with Gasteiger partial charge in [0.05, 0.1) is 0 Å². The first kappa shape index (κ1) is 24.9. The topological polar surface area (TPSA) is 117 Å². The fourth-order valence-corrected chi connectivity index (χ4v) is 2.75. The smallest absolute Gasteiger partial charge is 0.408 e. The van der Waals surface area contributed by atoms with Crippen LogP contribution in [0.5, 0.6) is 5.75 Å². The summed E-state index contributed by atoms with van der Waals surface area (Å²) in [5.74, 6) is -0.694. The van der Waals surface area contributed by atoms with Crippen LogP contribution in [0.1, 0.15) is 75.4 Å². The zero-order valence-electron chi connectivity index (χ0n) is 17.9. The third-order valence-electron chi connectivity index (χ3n) is 4.48. The third kappa shape index (κ3) is 8.94. The van der Waals surface area contributed by atoms with Gasteiger partial charge in [0.1, 0.15) is 17.1 Å². The first-order valence-corrected chi connectivity index (χ1v) is 10.2. The number of carbonyl (C=O) groups is 2. The summed E-state index contributed by atoms with van der Waals surface area (Å²) < 4.78 is 5.18. The number of hydrogen-bond acceptors (Lipinski definition) is 5. The summed E-state index contributed by atoms with van der Waals surface area (Å²) in [5.41, 5.74) is 0.260. The molecular formula is C23H31NO6. The summed E-state index contributed by atoms with van der Waals surface area (Å²) in [6.45, 7) is 5.74. The van der Waals surface area contributed by atoms with Gasteiger partial charge >= 0.3 is 11.7 Å². The first-order valence-electron chi connectivity index (χ1n) is 10.2. The van der Waals surface area contributed by atoms with Crippen LogP contribution < -0.4 is 10.9 Å². The molecule has 0 aliphatic carbocycles. The van der Waals surface area contributed by atoms with E-state index in [1.165, 1.54) is 12.3 Å². The van der Waals surface area contributed by atoms with Crippen molar-refractivity contribution in [2.24, 2.45) is 0 Å². The van der Waals surface area contributed by atoms with E-state index in [1.807, 2.05) is 13.0 Å². The number of Topliss-reactive ketones (excluding diaryl/α,β-unsaturated/α-hetero) is 1. The number of carbonyl (C=O) groups excluding carboxylic acids is 1. The molecule has 1 aromatic heterocycles. The van der Waals surface area contributed by atoms with Crippen LogP contribution in [0.4, 0.5) is 4.79 Å². The van der Waals surface area contributed by atoms with Gasteiger partial charge in [0.2, 0.25) is 0 Å². The summed E-state index contributed by atoms with van der Waals surface area (Å²) in [5, 5.41) is 20.7. The number of nitrogens with one attached hydrogen (secondary N) is 1. The van der Waals surface area contributed by atoms with Gasteiger partial charge in [-0.2, -0.15) is 0 Å². The van der Waals surface area contributed by atoms with E-state index in [4.69, 9.17) is 9.52 Å². The number of aromatic hydroxyl groups is 1. The highest BCUT2D eigenvalue weighted by Gasteiger charge is 2.20. The van der Waals surface area contributed by atoms with Crippen LogP contribution in [-0.4, -0.2) is 22.1 Å². The molecule has 0 unspecified atom stereocenters. The summed E-state index contributed by atoms with van der Waals surface area (Å²) in [6.07, 6.45) is 11.2. The van der Waals surface area contributed by atoms with Crippen molar-refractivity contribution in [3.8, 4) is 5.75 Å². The molecule has 30 heavy (non-hydrogen) atoms. The Bertz CT molecular complexity index is 876. The third-order valence-corrected chi connectivity index (χ3v) is 4.48. The van der Waals surface area contributed by atoms with Gasteiger partial charge in [-0.25, -0.2) is 9.59 Å². The molecule has 0 aliphatic heterocycles. The fraction of sp³-hybridized carbons (Fsp3) is 0.435. The van der Waals surface area contributed by atoms with Crippen LogP contribution in [0.2, 0.25) is 0 Å². The second-order valence-corrected chi connectivity index (χ2v) is 7.15. The highest BCUT2D eigenvalue weighted by Crippen LogP contribution is 2.20. The number of amides is 1. The maximum absolute atomic E-state index is 12.6. The zero-order valence-corrected chi connectivity index (χ0v) is 17.9. The fourth-order valence-electron chi connectivity index (χ4n) is 2.75. The molecule has 164 valence electrons. The Balaban J connectivity index is 2.78. The van der Waals surface area contributed by atoms with Crippen molar-refractivity contribution in [2.75, 3.05) is 0 Å². The van der Waals surface area contributed by atoms with E-state index in [1.54, 1.807) is 19.1 Å². The lowest BCUT2D eigenvalue weighted by Gasteiger charge is -2.05. The Kier molecular flexibility index (Phi) is 11.0. The lowest BCUT2D eigenvalue weighted by atomic mass is 10.0. The molecule has 0 bridgehead atoms. The quantitative estimate of drug-likeness (QED) is 0.188. The average Bonchev–Trinajstić information content (AvgIpc) is 2.68. The minimum Gasteiger partial charge on any atom is -0.507 e. The molecule has 0 aromatic carbocycles. The molecule has 0 saturated carbocycles. The maximum atomic E-state index is 12.6. The van der Waals surface area contributed by atoms with Gasteiger partial charge < -0.3 is 14.6 Å². The molecule has 7 heteroatoms. The van der Waals surface area contributed by atoms with Gasteiger partial charge in [-0.1, -0.05) is 43.6 Å². The Morgan fingerprint density at radius 3 is 2.53 bits per heavy atom. The monoisotopic (exact) mass is 417 g/mol. The SMILES string of the molecule is CCCCCC(C)=CC=C(C)C(=O)c1c(O)cc(CCCC=CNC(=O)O)oc1=O. The highest BCUT2D eigenvalue weighted by atomic mass is 16.4. The predicted octanol–water partition coefficient (Wildman–Crippen LogP) is 5.11. The van der Waals surface area contributed by atoms with Gasteiger partial charge in [-0.05, 0) is 45.1 Å². The highest BCUT2D eigenvalue weighted by molar-refractivity contribution is 6.09. The van der Waals surface area contributed by atoms with Gasteiger partial charge in [0.25, 0.3) is 0 Å². The van der Waals surface area contributed by atoms with Crippen LogP contribution in [0.25, 0.3) is 0 Å². The number of rotatable bonds is 12. The molecule has 0 spiro atoms. The number of aryl methyl sites for hydroxylation is 1. The first-order chi connectivity index (χ1) is 14.3. The number of unbranched alkanes of at least 4 members (excludes halogenated alkanes) is 3. The summed E-state index contributed by atoms with van der Waals surface area (Å²) in [4.78, 5) is 35.1. The van der Waals surface area contributed by atoms with E-state index >= 15 is 0 Å². The standard InChI is InChI=1S/C23H31NO6/c1-4-5-7-10-16(2)12-13-17(3)21(26)20-19(25)15-18(30-22(20)27)11-8-6-9-14-24-23(28)29/h9,12-15,24-25H,4-8,10-11H2,1-3H3,(H,28,29). The number of ketones is 1. The zero-order chi connectivity index (χ0) is 22.5. The minimum atomic E-state index is -1.14. The molecule has 0 atom stereocenters. The molecule has 1 amide bonds. The molecule has 7 nitrogen and oxygen atoms in total. The van der Waals surface area contributed by atoms with E-state index in [0.29, 0.717) is 24.8 Å². The van der Waals surface area contributed by atoms with Gasteiger partial charge in [-0.3, -0.25) is 10.1 Å². The van der Waals surface area contributed by atoms with E-state index in [2.05, 4.69) is 12.2 Å². The van der Waals surface area contributed by atoms with E-state index in [0.717, 1.165) is 31.3 Å². The summed E-state index contributed by atoms with van der Waals surface area (Å²) in [7, 11) is 0. The Hall–Kier alpha value is -3.09. The lowest BCUT2D eigenvalue weighted by Crippen LogP contribution is -2.16. The van der Waals surface area contributed by atoms with Crippen molar-refractivity contribution < 1.29 is 24.2 Å². The van der Waals surface area contributed by atoms with E-state index < -0.39 is 23.3 Å². The van der Waals surface area contributed by atoms with Crippen LogP contribution >= 0.6 is 0 Å². The van der Waals surface area contributed by atoms with E-state index in [9.17, 15) is 19.5 Å². The Morgan fingerprint density at radius 1 is 1.17 bits per heavy atom. The largest absolute Gasteiger partial charge is 0.507 e. The molecule has 0 radical (unpaired) electrons. The normalized spacial score (nSPS) is 12.4. The molecule has 3 N–H and O–H groups in total. The molecule has 1 aromatic rings. The molecule has 0 fully saturated rings. The van der Waals surface area contributed by atoms with Crippen molar-refractivity contribution in [1.82, 2.24) is 5.32 Å². The number of allylic oxidation sites excluding steroid dienone is 5. The summed E-state index contributed by atoms with van der Waals surface area (Å²) >= 11 is 0. The van der Waals surface area contributed by atoms with Gasteiger partial charge in [0.15, 0.2) is 5.78 Å². The van der Waals surface area contributed by atoms with Crippen LogP contribution in [0, 0.1) is 0 Å². The van der Waals surface area contributed by atoms with E-state index in [-0.39, 0.29) is 11.3 Å². The van der Waals surface area contributed by atoms with Crippen molar-refractivity contribution >= 4 is 11.9 Å². The predicted molar refractivity (Wildman–Crippen MR) is 116 cm³/mol. The summed E-state index contributed by atoms with van der Waals surface area (Å²) in [6, 6.07) is 1.28. The van der Waals surface area contributed by atoms with Crippen molar-refractivity contribution in [3.63, 3.8) is 0 Å². The second-order valence-electron chi connectivity index (χ2n) is 7.15. The van der Waals surface area contributed by atoms with Crippen molar-refractivity contribution in [1.29, 1.82) is 0 Å². The Labute approximate surface area is 176 Å². The average molecular weight is 418 g/mol. The number of carboxylic acid groups (broad SMARTS) is 1. The molecular weight excluding hydrogens is 386 g/mol. The van der Waals surface area contributed by atoms with Gasteiger partial charge in [0, 0.05) is 18.7 Å². The van der Waals surface area contributed by atoms with Crippen LogP contribution in [0.3, 0.4) is 0 Å². The van der Waals surface area contributed by atoms with Gasteiger partial charge in [-0.15, -0.1) is 0 Å². The Morgan fingerprint density at radius 2 is 1.90 bits per heavy atom. The second kappa shape index (κ2) is 13.2.